The van der Waals surface area contributed by atoms with Gasteiger partial charge in [-0.15, -0.1) is 0 Å². The Balaban J connectivity index is 4.57. The summed E-state index contributed by atoms with van der Waals surface area (Å²) >= 11 is 0. The minimum absolute atomic E-state index is 0.822. The van der Waals surface area contributed by atoms with Crippen molar-refractivity contribution < 1.29 is 0 Å². The maximum absolute atomic E-state index is 5.71. The van der Waals surface area contributed by atoms with Crippen LogP contribution >= 0.6 is 30.0 Å². The quantitative estimate of drug-likeness (QED) is 0.317. The second-order valence-electron chi connectivity index (χ2n) is 9.47. The lowest BCUT2D eigenvalue weighted by molar-refractivity contribution is 0.552. The first-order valence-electron chi connectivity index (χ1n) is 11.7. The van der Waals surface area contributed by atoms with Gasteiger partial charge >= 0.3 is 0 Å². The Kier molecular flexibility index (Phi) is 12.4. The molecule has 1 rings (SSSR count). The highest BCUT2D eigenvalue weighted by atomic mass is 31.3. The second-order valence-corrected chi connectivity index (χ2v) is 22.2. The maximum Gasteiger partial charge on any atom is 0.220 e. The molecule has 1 heterocycles. The molecule has 204 valence electrons. The molecule has 0 aromatic carbocycles. The molecule has 12 nitrogen and oxygen atoms in total. The van der Waals surface area contributed by atoms with Crippen molar-refractivity contribution in [2.24, 2.45) is 18.1 Å². The molecule has 0 saturated carbocycles. The third-order valence-electron chi connectivity index (χ3n) is 5.39. The monoisotopic (exact) mass is 560 g/mol. The number of hydrogen-bond donors (Lipinski definition) is 2. The average molecular weight is 561 g/mol. The van der Waals surface area contributed by atoms with Crippen LogP contribution in [0, 0.1) is 0 Å². The Hall–Kier alpha value is 0.600. The first-order chi connectivity index (χ1) is 15.6. The van der Waals surface area contributed by atoms with Gasteiger partial charge in [0.15, 0.2) is 0 Å². The van der Waals surface area contributed by atoms with Gasteiger partial charge in [0.2, 0.25) is 30.0 Å². The maximum atomic E-state index is 5.71. The predicted octanol–water partition coefficient (Wildman–Crippen LogP) is 5.15. The first-order valence-corrected chi connectivity index (χ1v) is 18.2. The largest absolute Gasteiger partial charge is 0.253 e. The lowest BCUT2D eigenvalue weighted by Gasteiger charge is -2.45. The zero-order chi connectivity index (χ0) is 26.5. The standard InChI is InChI=1S/C18H52N12P4/c1-15-17-19-31(25(3)4)21-33(27(7)8,28(9)10)23-32(26(5)6,20-18-16-2)24-34(22-31,29(11)12)30(13)14/h19-20H,15-18H2,1-14H3/t31-,32-. The normalized spacial score (nSPS) is 26.9. The van der Waals surface area contributed by atoms with E-state index in [0.717, 1.165) is 25.9 Å². The molecule has 0 unspecified atom stereocenters. The molecule has 0 radical (unpaired) electrons. The van der Waals surface area contributed by atoms with Crippen molar-refractivity contribution in [2.45, 2.75) is 26.7 Å². The molecule has 2 N–H and O–H groups in total. The Morgan fingerprint density at radius 2 is 0.706 bits per heavy atom. The minimum Gasteiger partial charge on any atom is -0.253 e. The van der Waals surface area contributed by atoms with E-state index in [-0.39, 0.29) is 0 Å². The van der Waals surface area contributed by atoms with Crippen LogP contribution in [0.3, 0.4) is 0 Å². The van der Waals surface area contributed by atoms with Crippen molar-refractivity contribution in [3.8, 4) is 0 Å². The second kappa shape index (κ2) is 12.9. The first kappa shape index (κ1) is 32.6. The van der Waals surface area contributed by atoms with Crippen LogP contribution in [0.4, 0.5) is 0 Å². The van der Waals surface area contributed by atoms with Crippen molar-refractivity contribution >= 4 is 30.0 Å². The molecule has 1 aliphatic rings. The van der Waals surface area contributed by atoms with Gasteiger partial charge in [0.05, 0.1) is 0 Å². The van der Waals surface area contributed by atoms with Gasteiger partial charge in [0, 0.05) is 13.1 Å². The Morgan fingerprint density at radius 1 is 0.441 bits per heavy atom. The molecule has 0 fully saturated rings. The summed E-state index contributed by atoms with van der Waals surface area (Å²) < 4.78 is 36.0. The van der Waals surface area contributed by atoms with E-state index in [1.54, 1.807) is 0 Å². The van der Waals surface area contributed by atoms with Crippen LogP contribution in [0.25, 0.3) is 0 Å². The SMILES string of the molecule is CCCN[P@@]1(N(C)C)=NP(N(C)C)(N(C)C)=N[P@@](NCCC)(N(C)C)=NP(N(C)C)(N(C)C)=N1. The summed E-state index contributed by atoms with van der Waals surface area (Å²) in [5, 5.41) is 7.58. The van der Waals surface area contributed by atoms with Crippen molar-refractivity contribution in [1.29, 1.82) is 0 Å². The van der Waals surface area contributed by atoms with Gasteiger partial charge in [-0.2, -0.15) is 18.1 Å². The lowest BCUT2D eigenvalue weighted by atomic mass is 10.5. The predicted molar refractivity (Wildman–Crippen MR) is 156 cm³/mol. The third kappa shape index (κ3) is 6.53. The molecule has 0 aliphatic carbocycles. The highest BCUT2D eigenvalue weighted by Gasteiger charge is 2.42. The molecule has 2 atom stereocenters. The van der Waals surface area contributed by atoms with Gasteiger partial charge in [-0.05, 0) is 97.4 Å². The summed E-state index contributed by atoms with van der Waals surface area (Å²) in [5.74, 6) is 0. The van der Waals surface area contributed by atoms with Crippen LogP contribution in [-0.4, -0.2) is 126 Å². The van der Waals surface area contributed by atoms with E-state index in [0.29, 0.717) is 0 Å². The minimum atomic E-state index is -2.57. The van der Waals surface area contributed by atoms with Crippen molar-refractivity contribution in [2.75, 3.05) is 97.7 Å². The lowest BCUT2D eigenvalue weighted by Crippen LogP contribution is -2.30. The zero-order valence-electron chi connectivity index (χ0n) is 24.1. The van der Waals surface area contributed by atoms with E-state index in [4.69, 9.17) is 18.1 Å². The summed E-state index contributed by atoms with van der Waals surface area (Å²) in [6, 6.07) is 0. The van der Waals surface area contributed by atoms with E-state index in [1.807, 2.05) is 0 Å². The zero-order valence-corrected chi connectivity index (χ0v) is 27.7. The van der Waals surface area contributed by atoms with E-state index in [2.05, 4.69) is 137 Å². The molecular weight excluding hydrogens is 508 g/mol. The molecule has 0 amide bonds. The Bertz CT molecular complexity index is 795. The van der Waals surface area contributed by atoms with Crippen molar-refractivity contribution in [1.82, 2.24) is 38.2 Å². The molecule has 0 saturated heterocycles. The molecule has 1 aliphatic heterocycles. The summed E-state index contributed by atoms with van der Waals surface area (Å²) in [7, 11) is 14.7. The van der Waals surface area contributed by atoms with Gasteiger partial charge in [-0.3, -0.25) is 10.2 Å². The number of hydrogen-bond acceptors (Lipinski definition) is 12. The van der Waals surface area contributed by atoms with Gasteiger partial charge < -0.3 is 0 Å². The number of rotatable bonds is 12. The van der Waals surface area contributed by atoms with E-state index in [9.17, 15) is 0 Å². The fourth-order valence-corrected chi connectivity index (χ4v) is 22.3. The van der Waals surface area contributed by atoms with Crippen LogP contribution in [0.15, 0.2) is 18.1 Å². The van der Waals surface area contributed by atoms with Crippen LogP contribution in [0.5, 0.6) is 0 Å². The molecule has 0 bridgehead atoms. The highest BCUT2D eigenvalue weighted by molar-refractivity contribution is 7.83. The van der Waals surface area contributed by atoms with Gasteiger partial charge in [-0.1, -0.05) is 13.8 Å². The molecule has 16 heteroatoms. The molecule has 0 spiro atoms. The molecule has 0 aromatic heterocycles. The highest BCUT2D eigenvalue weighted by Crippen LogP contribution is 2.79. The van der Waals surface area contributed by atoms with Gasteiger partial charge in [0.1, 0.15) is 0 Å². The van der Waals surface area contributed by atoms with E-state index >= 15 is 0 Å². The average Bonchev–Trinajstić information content (AvgIpc) is 2.71. The molecule has 0 aromatic rings. The fourth-order valence-electron chi connectivity index (χ4n) is 3.35. The number of nitrogens with one attached hydrogen (secondary N) is 2. The number of nitrogens with zero attached hydrogens (tertiary/aromatic N) is 10. The fraction of sp³-hybridized carbons (Fsp3) is 1.00. The topological polar surface area (TPSA) is 92.9 Å². The summed E-state index contributed by atoms with van der Waals surface area (Å²) in [5.41, 5.74) is 0. The molecule has 34 heavy (non-hydrogen) atoms. The van der Waals surface area contributed by atoms with Crippen molar-refractivity contribution in [3.63, 3.8) is 0 Å². The van der Waals surface area contributed by atoms with E-state index in [1.165, 1.54) is 0 Å². The van der Waals surface area contributed by atoms with Crippen LogP contribution in [0.1, 0.15) is 26.7 Å². The van der Waals surface area contributed by atoms with Crippen LogP contribution < -0.4 is 10.2 Å². The molecular formula is C18H52N12P4. The van der Waals surface area contributed by atoms with Crippen molar-refractivity contribution in [3.05, 3.63) is 0 Å². The smallest absolute Gasteiger partial charge is 0.220 e. The summed E-state index contributed by atoms with van der Waals surface area (Å²) in [4.78, 5) is 0. The summed E-state index contributed by atoms with van der Waals surface area (Å²) in [6.45, 7) is 6.00. The van der Waals surface area contributed by atoms with Crippen LogP contribution in [0.2, 0.25) is 0 Å². The Morgan fingerprint density at radius 3 is 0.882 bits per heavy atom. The van der Waals surface area contributed by atoms with E-state index < -0.39 is 30.0 Å². The van der Waals surface area contributed by atoms with Gasteiger partial charge in [0.25, 0.3) is 0 Å². The summed E-state index contributed by atoms with van der Waals surface area (Å²) in [6.07, 6.45) is 1.98. The van der Waals surface area contributed by atoms with Crippen LogP contribution in [-0.2, 0) is 0 Å². The third-order valence-corrected chi connectivity index (χ3v) is 21.0. The van der Waals surface area contributed by atoms with Gasteiger partial charge in [-0.25, -0.2) is 28.0 Å². The Labute approximate surface area is 210 Å².